The monoisotopic (exact) mass is 127 g/mol. The Bertz CT molecular complexity index is 105. The fraction of sp³-hybridized carbons (Fsp3) is 0.167. The van der Waals surface area contributed by atoms with E-state index in [1.807, 2.05) is 19.1 Å². The molecule has 1 nitrogen and oxygen atoms in total. The summed E-state index contributed by atoms with van der Waals surface area (Å²) in [6.07, 6.45) is 5.52. The van der Waals surface area contributed by atoms with Gasteiger partial charge in [0.25, 0.3) is 0 Å². The Balaban J connectivity index is 3.19. The van der Waals surface area contributed by atoms with Crippen molar-refractivity contribution in [3.05, 3.63) is 24.1 Å². The number of hydrogen-bond donors (Lipinski definition) is 0. The van der Waals surface area contributed by atoms with Crippen LogP contribution in [-0.2, 0) is 0 Å². The number of allylic oxidation sites excluding steroid dienone is 2. The van der Waals surface area contributed by atoms with Gasteiger partial charge in [-0.05, 0) is 18.4 Å². The molecule has 0 aliphatic heterocycles. The van der Waals surface area contributed by atoms with E-state index >= 15 is 0 Å². The summed E-state index contributed by atoms with van der Waals surface area (Å²) in [5.41, 5.74) is 0. The standard InChI is InChI=1S/C6H9NS/c1-3-5-6-7-8-4-2/h3-6H,2H2,1H3/b5-3+,7-6-. The van der Waals surface area contributed by atoms with Gasteiger partial charge in [-0.1, -0.05) is 12.7 Å². The summed E-state index contributed by atoms with van der Waals surface area (Å²) >= 11 is 1.33. The topological polar surface area (TPSA) is 12.4 Å². The molecule has 0 heterocycles. The third kappa shape index (κ3) is 5.50. The number of rotatable bonds is 3. The minimum absolute atomic E-state index is 1.33. The lowest BCUT2D eigenvalue weighted by atomic mass is 10.6. The normalized spacial score (nSPS) is 11.1. The Kier molecular flexibility index (Phi) is 6.09. The van der Waals surface area contributed by atoms with Gasteiger partial charge >= 0.3 is 0 Å². The molecule has 0 saturated heterocycles. The van der Waals surface area contributed by atoms with Crippen molar-refractivity contribution in [2.45, 2.75) is 6.92 Å². The van der Waals surface area contributed by atoms with Gasteiger partial charge in [-0.15, -0.1) is 0 Å². The first-order valence-electron chi connectivity index (χ1n) is 2.33. The molecule has 0 saturated carbocycles. The Morgan fingerprint density at radius 2 is 2.38 bits per heavy atom. The fourth-order valence-electron chi connectivity index (χ4n) is 0.199. The van der Waals surface area contributed by atoms with Crippen molar-refractivity contribution in [2.75, 3.05) is 0 Å². The second-order valence-corrected chi connectivity index (χ2v) is 1.81. The Hall–Kier alpha value is -0.500. The summed E-state index contributed by atoms with van der Waals surface area (Å²) in [5.74, 6) is 0. The molecule has 0 amide bonds. The van der Waals surface area contributed by atoms with Gasteiger partial charge in [-0.3, -0.25) is 0 Å². The Morgan fingerprint density at radius 1 is 1.62 bits per heavy atom. The van der Waals surface area contributed by atoms with Crippen molar-refractivity contribution in [3.63, 3.8) is 0 Å². The molecule has 2 heteroatoms. The van der Waals surface area contributed by atoms with Gasteiger partial charge in [-0.2, -0.15) is 0 Å². The summed E-state index contributed by atoms with van der Waals surface area (Å²) in [6, 6.07) is 0. The average molecular weight is 127 g/mol. The SMILES string of the molecule is C=CS/N=C\C=C\C. The van der Waals surface area contributed by atoms with E-state index in [9.17, 15) is 0 Å². The summed E-state index contributed by atoms with van der Waals surface area (Å²) in [4.78, 5) is 0. The Morgan fingerprint density at radius 3 is 2.88 bits per heavy atom. The lowest BCUT2D eigenvalue weighted by molar-refractivity contribution is 1.77. The zero-order valence-corrected chi connectivity index (χ0v) is 5.69. The molecule has 0 N–H and O–H groups in total. The molecule has 0 spiro atoms. The third-order valence-electron chi connectivity index (χ3n) is 0.475. The first-order valence-corrected chi connectivity index (χ1v) is 3.17. The van der Waals surface area contributed by atoms with E-state index in [2.05, 4.69) is 11.0 Å². The maximum atomic E-state index is 3.87. The van der Waals surface area contributed by atoms with Gasteiger partial charge in [0.05, 0.1) is 0 Å². The molecule has 0 aromatic rings. The molecule has 8 heavy (non-hydrogen) atoms. The maximum Gasteiger partial charge on any atom is 0.0352 e. The summed E-state index contributed by atoms with van der Waals surface area (Å²) in [7, 11) is 0. The summed E-state index contributed by atoms with van der Waals surface area (Å²) in [6.45, 7) is 5.43. The fourth-order valence-corrected chi connectivity index (χ4v) is 0.426. The highest BCUT2D eigenvalue weighted by Gasteiger charge is 1.62. The first kappa shape index (κ1) is 7.50. The quantitative estimate of drug-likeness (QED) is 0.419. The van der Waals surface area contributed by atoms with Gasteiger partial charge in [0.2, 0.25) is 0 Å². The largest absolute Gasteiger partial charge is 0.220 e. The van der Waals surface area contributed by atoms with Crippen LogP contribution in [0.5, 0.6) is 0 Å². The first-order chi connectivity index (χ1) is 3.91. The van der Waals surface area contributed by atoms with E-state index in [1.165, 1.54) is 11.9 Å². The number of nitrogens with zero attached hydrogens (tertiary/aromatic N) is 1. The van der Waals surface area contributed by atoms with Crippen molar-refractivity contribution in [1.82, 2.24) is 0 Å². The van der Waals surface area contributed by atoms with E-state index in [-0.39, 0.29) is 0 Å². The van der Waals surface area contributed by atoms with Crippen LogP contribution in [0.4, 0.5) is 0 Å². The smallest absolute Gasteiger partial charge is 0.0352 e. The highest BCUT2D eigenvalue weighted by atomic mass is 32.2. The molecular formula is C6H9NS. The molecule has 0 bridgehead atoms. The van der Waals surface area contributed by atoms with E-state index in [1.54, 1.807) is 11.6 Å². The molecule has 0 aromatic heterocycles. The van der Waals surface area contributed by atoms with E-state index in [0.29, 0.717) is 0 Å². The van der Waals surface area contributed by atoms with E-state index < -0.39 is 0 Å². The van der Waals surface area contributed by atoms with Crippen molar-refractivity contribution in [2.24, 2.45) is 4.40 Å². The second kappa shape index (κ2) is 6.50. The van der Waals surface area contributed by atoms with Crippen LogP contribution in [0.25, 0.3) is 0 Å². The highest BCUT2D eigenvalue weighted by Crippen LogP contribution is 1.98. The molecule has 44 valence electrons. The highest BCUT2D eigenvalue weighted by molar-refractivity contribution is 8.00. The van der Waals surface area contributed by atoms with E-state index in [4.69, 9.17) is 0 Å². The predicted octanol–water partition coefficient (Wildman–Crippen LogP) is 2.43. The summed E-state index contributed by atoms with van der Waals surface area (Å²) in [5, 5.41) is 1.68. The zero-order chi connectivity index (χ0) is 6.24. The van der Waals surface area contributed by atoms with Crippen LogP contribution >= 0.6 is 11.9 Å². The average Bonchev–Trinajstić information content (AvgIpc) is 1.81. The van der Waals surface area contributed by atoms with E-state index in [0.717, 1.165) is 0 Å². The minimum atomic E-state index is 1.33. The number of hydrogen-bond acceptors (Lipinski definition) is 2. The van der Waals surface area contributed by atoms with Crippen LogP contribution in [0, 0.1) is 0 Å². The molecule has 0 rings (SSSR count). The van der Waals surface area contributed by atoms with Gasteiger partial charge in [0, 0.05) is 18.2 Å². The minimum Gasteiger partial charge on any atom is -0.220 e. The molecule has 0 radical (unpaired) electrons. The molecule has 0 atom stereocenters. The van der Waals surface area contributed by atoms with Gasteiger partial charge < -0.3 is 0 Å². The van der Waals surface area contributed by atoms with Crippen LogP contribution in [-0.4, -0.2) is 6.21 Å². The van der Waals surface area contributed by atoms with Crippen molar-refractivity contribution >= 4 is 18.2 Å². The lowest BCUT2D eigenvalue weighted by Crippen LogP contribution is -1.55. The molecule has 0 aliphatic rings. The van der Waals surface area contributed by atoms with Crippen molar-refractivity contribution < 1.29 is 0 Å². The van der Waals surface area contributed by atoms with Gasteiger partial charge in [0.1, 0.15) is 0 Å². The van der Waals surface area contributed by atoms with Gasteiger partial charge in [0.15, 0.2) is 0 Å². The third-order valence-corrected chi connectivity index (χ3v) is 0.867. The van der Waals surface area contributed by atoms with Crippen molar-refractivity contribution in [3.8, 4) is 0 Å². The van der Waals surface area contributed by atoms with Gasteiger partial charge in [-0.25, -0.2) is 4.40 Å². The van der Waals surface area contributed by atoms with Crippen LogP contribution in [0.15, 0.2) is 28.5 Å². The predicted molar refractivity (Wildman–Crippen MR) is 41.1 cm³/mol. The van der Waals surface area contributed by atoms with Crippen LogP contribution in [0.1, 0.15) is 6.92 Å². The molecule has 0 fully saturated rings. The van der Waals surface area contributed by atoms with Crippen LogP contribution in [0.2, 0.25) is 0 Å². The summed E-state index contributed by atoms with van der Waals surface area (Å²) < 4.78 is 3.87. The molecule has 0 unspecified atom stereocenters. The maximum absolute atomic E-state index is 3.87. The molecule has 0 aliphatic carbocycles. The van der Waals surface area contributed by atoms with Crippen molar-refractivity contribution in [1.29, 1.82) is 0 Å². The molecule has 0 aromatic carbocycles. The Labute approximate surface area is 54.3 Å². The second-order valence-electron chi connectivity index (χ2n) is 1.05. The van der Waals surface area contributed by atoms with Crippen LogP contribution < -0.4 is 0 Å². The molecular weight excluding hydrogens is 118 g/mol. The zero-order valence-electron chi connectivity index (χ0n) is 4.87. The lowest BCUT2D eigenvalue weighted by Gasteiger charge is -1.73. The van der Waals surface area contributed by atoms with Crippen LogP contribution in [0.3, 0.4) is 0 Å².